The highest BCUT2D eigenvalue weighted by molar-refractivity contribution is 5.01. The third kappa shape index (κ3) is 2.10. The first-order valence-electron chi connectivity index (χ1n) is 5.96. The third-order valence-corrected chi connectivity index (χ3v) is 3.16. The lowest BCUT2D eigenvalue weighted by atomic mass is 10.00. The minimum atomic E-state index is -0.125. The number of rotatable bonds is 4. The molecule has 0 saturated carbocycles. The summed E-state index contributed by atoms with van der Waals surface area (Å²) in [4.78, 5) is 4.38. The number of ether oxygens (including phenoxy) is 1. The Morgan fingerprint density at radius 1 is 1.50 bits per heavy atom. The summed E-state index contributed by atoms with van der Waals surface area (Å²) < 4.78 is 10.9. The van der Waals surface area contributed by atoms with Gasteiger partial charge >= 0.3 is 0 Å². The Morgan fingerprint density at radius 3 is 3.00 bits per heavy atom. The molecule has 1 saturated heterocycles. The van der Waals surface area contributed by atoms with Crippen molar-refractivity contribution in [2.24, 2.45) is 5.73 Å². The molecule has 3 unspecified atom stereocenters. The first-order valence-corrected chi connectivity index (χ1v) is 5.96. The van der Waals surface area contributed by atoms with Crippen LogP contribution in [-0.2, 0) is 4.74 Å². The largest absolute Gasteiger partial charge is 0.377 e. The number of hydrogen-bond acceptors (Lipinski definition) is 5. The predicted octanol–water partition coefficient (Wildman–Crippen LogP) is 1.76. The summed E-state index contributed by atoms with van der Waals surface area (Å²) in [5.41, 5.74) is 5.86. The molecule has 2 N–H and O–H groups in total. The van der Waals surface area contributed by atoms with Gasteiger partial charge in [0.05, 0.1) is 18.1 Å². The van der Waals surface area contributed by atoms with Gasteiger partial charge in [-0.1, -0.05) is 19.0 Å². The highest BCUT2D eigenvalue weighted by atomic mass is 16.5. The van der Waals surface area contributed by atoms with Crippen LogP contribution >= 0.6 is 0 Å². The molecule has 1 fully saturated rings. The van der Waals surface area contributed by atoms with Crippen molar-refractivity contribution >= 4 is 0 Å². The molecular formula is C11H19N3O2. The van der Waals surface area contributed by atoms with Gasteiger partial charge in [-0.2, -0.15) is 4.98 Å². The molecular weight excluding hydrogens is 206 g/mol. The van der Waals surface area contributed by atoms with Crippen LogP contribution in [0, 0.1) is 0 Å². The van der Waals surface area contributed by atoms with Crippen LogP contribution in [-0.4, -0.2) is 22.9 Å². The van der Waals surface area contributed by atoms with Crippen LogP contribution in [0.2, 0.25) is 0 Å². The Balaban J connectivity index is 2.12. The molecule has 1 aromatic rings. The van der Waals surface area contributed by atoms with Gasteiger partial charge in [0.2, 0.25) is 5.89 Å². The zero-order valence-corrected chi connectivity index (χ0v) is 9.85. The van der Waals surface area contributed by atoms with Gasteiger partial charge in [-0.05, 0) is 19.3 Å². The zero-order chi connectivity index (χ0) is 11.5. The van der Waals surface area contributed by atoms with Crippen molar-refractivity contribution in [3.63, 3.8) is 0 Å². The van der Waals surface area contributed by atoms with E-state index in [4.69, 9.17) is 15.0 Å². The third-order valence-electron chi connectivity index (χ3n) is 3.16. The van der Waals surface area contributed by atoms with E-state index in [1.54, 1.807) is 0 Å². The molecule has 2 heterocycles. The van der Waals surface area contributed by atoms with Crippen LogP contribution in [0.3, 0.4) is 0 Å². The van der Waals surface area contributed by atoms with E-state index >= 15 is 0 Å². The van der Waals surface area contributed by atoms with Gasteiger partial charge in [0.25, 0.3) is 0 Å². The van der Waals surface area contributed by atoms with Gasteiger partial charge in [0.1, 0.15) is 0 Å². The van der Waals surface area contributed by atoms with Crippen molar-refractivity contribution in [3.8, 4) is 0 Å². The van der Waals surface area contributed by atoms with E-state index in [0.29, 0.717) is 11.7 Å². The van der Waals surface area contributed by atoms with E-state index in [0.717, 1.165) is 25.9 Å². The normalized spacial score (nSPS) is 27.2. The van der Waals surface area contributed by atoms with Crippen LogP contribution in [0.25, 0.3) is 0 Å². The highest BCUT2D eigenvalue weighted by Crippen LogP contribution is 2.32. The van der Waals surface area contributed by atoms with Gasteiger partial charge < -0.3 is 15.0 Å². The Kier molecular flexibility index (Phi) is 3.56. The van der Waals surface area contributed by atoms with Crippen molar-refractivity contribution in [1.82, 2.24) is 10.1 Å². The molecule has 1 aromatic heterocycles. The zero-order valence-electron chi connectivity index (χ0n) is 9.85. The molecule has 0 aromatic carbocycles. The van der Waals surface area contributed by atoms with E-state index in [1.165, 1.54) is 0 Å². The summed E-state index contributed by atoms with van der Waals surface area (Å²) in [6, 6.07) is -0.125. The molecule has 0 spiro atoms. The lowest BCUT2D eigenvalue weighted by Gasteiger charge is -2.11. The lowest BCUT2D eigenvalue weighted by molar-refractivity contribution is 0.0953. The Bertz CT molecular complexity index is 340. The van der Waals surface area contributed by atoms with Crippen molar-refractivity contribution in [3.05, 3.63) is 11.7 Å². The van der Waals surface area contributed by atoms with Gasteiger partial charge in [-0.15, -0.1) is 0 Å². The second kappa shape index (κ2) is 4.93. The standard InChI is InChI=1S/C11H19N3O2/c1-3-8(12)10-13-11(16-14-10)7-5-6-15-9(7)4-2/h7-9H,3-6,12H2,1-2H3. The highest BCUT2D eigenvalue weighted by Gasteiger charge is 2.33. The Morgan fingerprint density at radius 2 is 2.31 bits per heavy atom. The quantitative estimate of drug-likeness (QED) is 0.845. The van der Waals surface area contributed by atoms with Crippen molar-refractivity contribution in [2.75, 3.05) is 6.61 Å². The average molecular weight is 225 g/mol. The maximum atomic E-state index is 5.86. The van der Waals surface area contributed by atoms with Gasteiger partial charge in [0, 0.05) is 6.61 Å². The summed E-state index contributed by atoms with van der Waals surface area (Å²) in [7, 11) is 0. The van der Waals surface area contributed by atoms with Crippen molar-refractivity contribution in [2.45, 2.75) is 51.2 Å². The Labute approximate surface area is 95.3 Å². The second-order valence-corrected chi connectivity index (χ2v) is 4.22. The molecule has 0 radical (unpaired) electrons. The number of nitrogens with zero attached hydrogens (tertiary/aromatic N) is 2. The number of hydrogen-bond donors (Lipinski definition) is 1. The second-order valence-electron chi connectivity index (χ2n) is 4.22. The molecule has 1 aliphatic rings. The maximum Gasteiger partial charge on any atom is 0.232 e. The summed E-state index contributed by atoms with van der Waals surface area (Å²) in [5.74, 6) is 1.54. The van der Waals surface area contributed by atoms with E-state index in [-0.39, 0.29) is 18.1 Å². The lowest BCUT2D eigenvalue weighted by Crippen LogP contribution is -2.14. The fourth-order valence-electron chi connectivity index (χ4n) is 2.06. The van der Waals surface area contributed by atoms with Gasteiger partial charge in [0.15, 0.2) is 5.82 Å². The molecule has 5 nitrogen and oxygen atoms in total. The molecule has 16 heavy (non-hydrogen) atoms. The van der Waals surface area contributed by atoms with Crippen LogP contribution in [0.1, 0.15) is 56.8 Å². The first-order chi connectivity index (χ1) is 7.76. The summed E-state index contributed by atoms with van der Waals surface area (Å²) in [6.45, 7) is 4.90. The van der Waals surface area contributed by atoms with Crippen LogP contribution in [0.15, 0.2) is 4.52 Å². The molecule has 90 valence electrons. The Hall–Kier alpha value is -0.940. The molecule has 0 aliphatic carbocycles. The van der Waals surface area contributed by atoms with E-state index in [2.05, 4.69) is 17.1 Å². The number of nitrogens with two attached hydrogens (primary N) is 1. The van der Waals surface area contributed by atoms with E-state index < -0.39 is 0 Å². The maximum absolute atomic E-state index is 5.86. The minimum absolute atomic E-state index is 0.125. The average Bonchev–Trinajstić information content (AvgIpc) is 2.95. The topological polar surface area (TPSA) is 74.2 Å². The first kappa shape index (κ1) is 11.5. The molecule has 5 heteroatoms. The number of aromatic nitrogens is 2. The fourth-order valence-corrected chi connectivity index (χ4v) is 2.06. The van der Waals surface area contributed by atoms with Crippen LogP contribution in [0.4, 0.5) is 0 Å². The van der Waals surface area contributed by atoms with Crippen LogP contribution in [0.5, 0.6) is 0 Å². The summed E-state index contributed by atoms with van der Waals surface area (Å²) in [5, 5.41) is 3.93. The molecule has 3 atom stereocenters. The van der Waals surface area contributed by atoms with Crippen molar-refractivity contribution < 1.29 is 9.26 Å². The van der Waals surface area contributed by atoms with Gasteiger partial charge in [-0.3, -0.25) is 0 Å². The fraction of sp³-hybridized carbons (Fsp3) is 0.818. The summed E-state index contributed by atoms with van der Waals surface area (Å²) >= 11 is 0. The molecule has 0 amide bonds. The van der Waals surface area contributed by atoms with Gasteiger partial charge in [-0.25, -0.2) is 0 Å². The SMILES string of the molecule is CCC(N)c1noc(C2CCOC2CC)n1. The summed E-state index contributed by atoms with van der Waals surface area (Å²) in [6.07, 6.45) is 2.97. The van der Waals surface area contributed by atoms with Crippen LogP contribution < -0.4 is 5.73 Å². The smallest absolute Gasteiger partial charge is 0.232 e. The van der Waals surface area contributed by atoms with Crippen molar-refractivity contribution in [1.29, 1.82) is 0 Å². The molecule has 2 rings (SSSR count). The van der Waals surface area contributed by atoms with E-state index in [1.807, 2.05) is 6.92 Å². The predicted molar refractivity (Wildman–Crippen MR) is 58.9 cm³/mol. The minimum Gasteiger partial charge on any atom is -0.377 e. The molecule has 0 bridgehead atoms. The molecule has 1 aliphatic heterocycles. The van der Waals surface area contributed by atoms with E-state index in [9.17, 15) is 0 Å². The monoisotopic (exact) mass is 225 g/mol.